The molecule has 0 saturated heterocycles. The van der Waals surface area contributed by atoms with Crippen LogP contribution in [0.5, 0.6) is 0 Å². The van der Waals surface area contributed by atoms with Crippen LogP contribution in [-0.2, 0) is 6.54 Å². The number of aromatic nitrogens is 2. The second-order valence-electron chi connectivity index (χ2n) is 3.82. The summed E-state index contributed by atoms with van der Waals surface area (Å²) in [6.45, 7) is 2.78. The molecule has 1 heterocycles. The van der Waals surface area contributed by atoms with E-state index in [9.17, 15) is 4.79 Å². The molecule has 0 spiro atoms. The molecule has 0 fully saturated rings. The summed E-state index contributed by atoms with van der Waals surface area (Å²) < 4.78 is 1.78. The fourth-order valence-corrected chi connectivity index (χ4v) is 1.57. The van der Waals surface area contributed by atoms with Gasteiger partial charge in [-0.2, -0.15) is 5.10 Å². The second-order valence-corrected chi connectivity index (χ2v) is 3.82. The van der Waals surface area contributed by atoms with Gasteiger partial charge in [0.15, 0.2) is 0 Å². The molecule has 0 atom stereocenters. The smallest absolute Gasteiger partial charge is 0.335 e. The van der Waals surface area contributed by atoms with E-state index in [4.69, 9.17) is 10.8 Å². The zero-order valence-corrected chi connectivity index (χ0v) is 9.92. The second kappa shape index (κ2) is 4.79. The largest absolute Gasteiger partial charge is 0.478 e. The van der Waals surface area contributed by atoms with E-state index in [1.54, 1.807) is 16.9 Å². The van der Waals surface area contributed by atoms with Gasteiger partial charge in [-0.05, 0) is 25.1 Å². The number of benzene rings is 1. The Bertz CT molecular complexity index is 577. The Kier molecular flexibility index (Phi) is 3.18. The number of nitrogen functional groups attached to an aromatic ring is 1. The van der Waals surface area contributed by atoms with E-state index in [-0.39, 0.29) is 5.56 Å². The molecule has 0 bridgehead atoms. The van der Waals surface area contributed by atoms with Gasteiger partial charge in [-0.15, -0.1) is 0 Å². The lowest BCUT2D eigenvalue weighted by Gasteiger charge is -2.07. The minimum Gasteiger partial charge on any atom is -0.478 e. The molecule has 0 aliphatic heterocycles. The molecule has 0 saturated carbocycles. The van der Waals surface area contributed by atoms with Gasteiger partial charge in [0.2, 0.25) is 0 Å². The number of carboxylic acid groups (broad SMARTS) is 1. The lowest BCUT2D eigenvalue weighted by atomic mass is 10.1. The number of carboxylic acids is 1. The van der Waals surface area contributed by atoms with E-state index in [0.29, 0.717) is 11.4 Å². The summed E-state index contributed by atoms with van der Waals surface area (Å²) in [5, 5.41) is 16.1. The van der Waals surface area contributed by atoms with Crippen molar-refractivity contribution in [3.63, 3.8) is 0 Å². The molecule has 0 unspecified atom stereocenters. The lowest BCUT2D eigenvalue weighted by molar-refractivity contribution is 0.0697. The molecule has 1 aromatic heterocycles. The molecule has 0 aliphatic carbocycles. The number of aromatic carboxylic acids is 1. The normalized spacial score (nSPS) is 10.3. The molecular formula is C12H14N4O2. The molecule has 94 valence electrons. The number of nitrogens with zero attached hydrogens (tertiary/aromatic N) is 2. The van der Waals surface area contributed by atoms with Gasteiger partial charge in [-0.25, -0.2) is 4.79 Å². The highest BCUT2D eigenvalue weighted by Gasteiger charge is 2.07. The summed E-state index contributed by atoms with van der Waals surface area (Å²) in [5.74, 6) is -0.993. The van der Waals surface area contributed by atoms with Gasteiger partial charge in [0.05, 0.1) is 28.8 Å². The molecule has 0 aliphatic rings. The van der Waals surface area contributed by atoms with Gasteiger partial charge in [0.1, 0.15) is 0 Å². The van der Waals surface area contributed by atoms with Crippen molar-refractivity contribution < 1.29 is 9.90 Å². The van der Waals surface area contributed by atoms with E-state index in [1.165, 1.54) is 12.1 Å². The Balaban J connectivity index is 2.21. The van der Waals surface area contributed by atoms with Crippen LogP contribution in [0.25, 0.3) is 0 Å². The van der Waals surface area contributed by atoms with Crippen molar-refractivity contribution in [2.24, 2.45) is 0 Å². The fraction of sp³-hybridized carbons (Fsp3) is 0.167. The highest BCUT2D eigenvalue weighted by molar-refractivity contribution is 5.90. The third-order valence-electron chi connectivity index (χ3n) is 2.53. The highest BCUT2D eigenvalue weighted by Crippen LogP contribution is 2.23. The van der Waals surface area contributed by atoms with Crippen molar-refractivity contribution in [2.45, 2.75) is 13.5 Å². The SMILES string of the molecule is CCn1cc(Nc2ccc(C(=O)O)cc2N)cn1. The van der Waals surface area contributed by atoms with Crippen LogP contribution in [0, 0.1) is 0 Å². The third-order valence-corrected chi connectivity index (χ3v) is 2.53. The van der Waals surface area contributed by atoms with Crippen LogP contribution in [0.15, 0.2) is 30.6 Å². The number of nitrogens with two attached hydrogens (primary N) is 1. The van der Waals surface area contributed by atoms with Gasteiger partial charge in [0, 0.05) is 12.7 Å². The Morgan fingerprint density at radius 3 is 2.89 bits per heavy atom. The molecule has 2 rings (SSSR count). The minimum atomic E-state index is -0.993. The number of carbonyl (C=O) groups is 1. The van der Waals surface area contributed by atoms with E-state index < -0.39 is 5.97 Å². The number of rotatable bonds is 4. The van der Waals surface area contributed by atoms with E-state index in [1.807, 2.05) is 13.1 Å². The van der Waals surface area contributed by atoms with Crippen molar-refractivity contribution in [3.8, 4) is 0 Å². The number of hydrogen-bond acceptors (Lipinski definition) is 4. The number of aryl methyl sites for hydroxylation is 1. The third kappa shape index (κ3) is 2.42. The topological polar surface area (TPSA) is 93.2 Å². The monoisotopic (exact) mass is 246 g/mol. The first kappa shape index (κ1) is 12.0. The average Bonchev–Trinajstić information content (AvgIpc) is 2.79. The van der Waals surface area contributed by atoms with E-state index in [0.717, 1.165) is 12.2 Å². The zero-order valence-electron chi connectivity index (χ0n) is 9.92. The first-order valence-corrected chi connectivity index (χ1v) is 5.52. The van der Waals surface area contributed by atoms with Gasteiger partial charge in [0.25, 0.3) is 0 Å². The maximum Gasteiger partial charge on any atom is 0.335 e. The Morgan fingerprint density at radius 1 is 1.56 bits per heavy atom. The Morgan fingerprint density at radius 2 is 2.33 bits per heavy atom. The summed E-state index contributed by atoms with van der Waals surface area (Å²) in [6.07, 6.45) is 3.54. The molecule has 6 nitrogen and oxygen atoms in total. The molecule has 18 heavy (non-hydrogen) atoms. The summed E-state index contributed by atoms with van der Waals surface area (Å²) in [6, 6.07) is 4.57. The lowest BCUT2D eigenvalue weighted by Crippen LogP contribution is -2.01. The van der Waals surface area contributed by atoms with E-state index >= 15 is 0 Å². The predicted molar refractivity (Wildman–Crippen MR) is 69.0 cm³/mol. The van der Waals surface area contributed by atoms with Crippen LogP contribution in [0.2, 0.25) is 0 Å². The zero-order chi connectivity index (χ0) is 13.1. The van der Waals surface area contributed by atoms with Crippen LogP contribution < -0.4 is 11.1 Å². The van der Waals surface area contributed by atoms with Crippen LogP contribution in [0.4, 0.5) is 17.1 Å². The minimum absolute atomic E-state index is 0.169. The van der Waals surface area contributed by atoms with Crippen LogP contribution in [0.1, 0.15) is 17.3 Å². The van der Waals surface area contributed by atoms with Gasteiger partial charge < -0.3 is 16.2 Å². The van der Waals surface area contributed by atoms with Crippen molar-refractivity contribution >= 4 is 23.0 Å². The van der Waals surface area contributed by atoms with Crippen molar-refractivity contribution in [1.82, 2.24) is 9.78 Å². The van der Waals surface area contributed by atoms with Crippen molar-refractivity contribution in [1.29, 1.82) is 0 Å². The summed E-state index contributed by atoms with van der Waals surface area (Å²) >= 11 is 0. The van der Waals surface area contributed by atoms with Crippen molar-refractivity contribution in [3.05, 3.63) is 36.2 Å². The fourth-order valence-electron chi connectivity index (χ4n) is 1.57. The number of nitrogens with one attached hydrogen (secondary N) is 1. The Labute approximate surface area is 104 Å². The first-order valence-electron chi connectivity index (χ1n) is 5.52. The summed E-state index contributed by atoms with van der Waals surface area (Å²) in [7, 11) is 0. The van der Waals surface area contributed by atoms with Crippen LogP contribution in [0.3, 0.4) is 0 Å². The molecule has 1 aromatic carbocycles. The molecular weight excluding hydrogens is 232 g/mol. The Hall–Kier alpha value is -2.50. The average molecular weight is 246 g/mol. The molecule has 6 heteroatoms. The maximum absolute atomic E-state index is 10.8. The number of anilines is 3. The van der Waals surface area contributed by atoms with Crippen LogP contribution in [-0.4, -0.2) is 20.9 Å². The quantitative estimate of drug-likeness (QED) is 0.717. The highest BCUT2D eigenvalue weighted by atomic mass is 16.4. The summed E-state index contributed by atoms with van der Waals surface area (Å²) in [5.41, 5.74) is 7.82. The predicted octanol–water partition coefficient (Wildman–Crippen LogP) is 1.93. The summed E-state index contributed by atoms with van der Waals surface area (Å²) in [4.78, 5) is 10.8. The number of hydrogen-bond donors (Lipinski definition) is 3. The first-order chi connectivity index (χ1) is 8.60. The standard InChI is InChI=1S/C12H14N4O2/c1-2-16-7-9(6-14-16)15-11-4-3-8(12(17)18)5-10(11)13/h3-7,15H,2,13H2,1H3,(H,17,18). The van der Waals surface area contributed by atoms with Gasteiger partial charge in [-0.1, -0.05) is 0 Å². The van der Waals surface area contributed by atoms with Crippen molar-refractivity contribution in [2.75, 3.05) is 11.1 Å². The maximum atomic E-state index is 10.8. The van der Waals surface area contributed by atoms with Gasteiger partial charge >= 0.3 is 5.97 Å². The molecule has 0 amide bonds. The molecule has 4 N–H and O–H groups in total. The van der Waals surface area contributed by atoms with Crippen LogP contribution >= 0.6 is 0 Å². The van der Waals surface area contributed by atoms with Gasteiger partial charge in [-0.3, -0.25) is 4.68 Å². The van der Waals surface area contributed by atoms with E-state index in [2.05, 4.69) is 10.4 Å². The molecule has 2 aromatic rings. The molecule has 0 radical (unpaired) electrons.